The smallest absolute Gasteiger partial charge is 0.313 e. The van der Waals surface area contributed by atoms with Crippen LogP contribution in [0.15, 0.2) is 48.7 Å². The van der Waals surface area contributed by atoms with Crippen LogP contribution in [-0.2, 0) is 0 Å². The van der Waals surface area contributed by atoms with E-state index < -0.39 is 4.92 Å². The Hall–Kier alpha value is -3.88. The Balaban J connectivity index is 2.03. The average molecular weight is 382 g/mol. The molecular weight excluding hydrogens is 364 g/mol. The molecule has 3 aromatic rings. The lowest BCUT2D eigenvalue weighted by molar-refractivity contribution is -0.384. The summed E-state index contributed by atoms with van der Waals surface area (Å²) in [5, 5.41) is 14.4. The number of hydrogen-bond acceptors (Lipinski definition) is 8. The van der Waals surface area contributed by atoms with E-state index in [1.807, 2.05) is 6.07 Å². The third-order valence-electron chi connectivity index (χ3n) is 3.93. The maximum atomic E-state index is 11.4. The fourth-order valence-corrected chi connectivity index (χ4v) is 2.66. The molecule has 0 spiro atoms. The SMILES string of the molecule is COc1cc(Nc2ncc([N+](=O)[O-])c(-c3ccccc3)n2)cc(OC)c1OC. The number of nitro groups is 1. The molecule has 144 valence electrons. The van der Waals surface area contributed by atoms with Crippen LogP contribution >= 0.6 is 0 Å². The maximum Gasteiger partial charge on any atom is 0.313 e. The van der Waals surface area contributed by atoms with Gasteiger partial charge in [-0.3, -0.25) is 10.1 Å². The highest BCUT2D eigenvalue weighted by Crippen LogP contribution is 2.40. The molecule has 1 heterocycles. The normalized spacial score (nSPS) is 10.2. The molecule has 9 nitrogen and oxygen atoms in total. The van der Waals surface area contributed by atoms with Gasteiger partial charge in [-0.05, 0) is 0 Å². The van der Waals surface area contributed by atoms with E-state index in [9.17, 15) is 10.1 Å². The van der Waals surface area contributed by atoms with Gasteiger partial charge in [0.05, 0.1) is 26.3 Å². The molecule has 0 fully saturated rings. The molecular formula is C19H18N4O5. The first-order valence-electron chi connectivity index (χ1n) is 8.21. The lowest BCUT2D eigenvalue weighted by atomic mass is 10.1. The van der Waals surface area contributed by atoms with Crippen molar-refractivity contribution in [3.63, 3.8) is 0 Å². The molecule has 0 radical (unpaired) electrons. The van der Waals surface area contributed by atoms with E-state index in [1.165, 1.54) is 27.5 Å². The number of nitrogens with zero attached hydrogens (tertiary/aromatic N) is 3. The van der Waals surface area contributed by atoms with E-state index in [4.69, 9.17) is 14.2 Å². The molecule has 0 amide bonds. The van der Waals surface area contributed by atoms with Gasteiger partial charge in [0.2, 0.25) is 11.7 Å². The minimum Gasteiger partial charge on any atom is -0.493 e. The largest absolute Gasteiger partial charge is 0.493 e. The summed E-state index contributed by atoms with van der Waals surface area (Å²) in [7, 11) is 4.53. The first kappa shape index (κ1) is 18.9. The van der Waals surface area contributed by atoms with Crippen LogP contribution in [-0.4, -0.2) is 36.2 Å². The van der Waals surface area contributed by atoms with E-state index in [2.05, 4.69) is 15.3 Å². The summed E-state index contributed by atoms with van der Waals surface area (Å²) in [6, 6.07) is 12.3. The predicted octanol–water partition coefficient (Wildman–Crippen LogP) is 3.82. The quantitative estimate of drug-likeness (QED) is 0.485. The zero-order chi connectivity index (χ0) is 20.1. The molecule has 2 aromatic carbocycles. The molecule has 1 aromatic heterocycles. The van der Waals surface area contributed by atoms with Crippen molar-refractivity contribution in [1.82, 2.24) is 9.97 Å². The monoisotopic (exact) mass is 382 g/mol. The first-order valence-corrected chi connectivity index (χ1v) is 8.21. The summed E-state index contributed by atoms with van der Waals surface area (Å²) < 4.78 is 15.9. The van der Waals surface area contributed by atoms with Crippen molar-refractivity contribution in [1.29, 1.82) is 0 Å². The highest BCUT2D eigenvalue weighted by molar-refractivity contribution is 5.71. The molecule has 0 aliphatic rings. The molecule has 9 heteroatoms. The molecule has 0 aliphatic heterocycles. The topological polar surface area (TPSA) is 109 Å². The van der Waals surface area contributed by atoms with Crippen LogP contribution in [0.3, 0.4) is 0 Å². The molecule has 0 saturated carbocycles. The summed E-state index contributed by atoms with van der Waals surface area (Å²) in [6.45, 7) is 0. The van der Waals surface area contributed by atoms with Gasteiger partial charge in [0.15, 0.2) is 17.2 Å². The standard InChI is InChI=1S/C19H18N4O5/c1-26-15-9-13(10-16(27-2)18(15)28-3)21-19-20-11-14(23(24)25)17(22-19)12-7-5-4-6-8-12/h4-11H,1-3H3,(H,20,21,22). The molecule has 0 unspecified atom stereocenters. The van der Waals surface area contributed by atoms with Gasteiger partial charge in [0.1, 0.15) is 6.20 Å². The van der Waals surface area contributed by atoms with Crippen molar-refractivity contribution in [3.8, 4) is 28.5 Å². The Morgan fingerprint density at radius 3 is 2.18 bits per heavy atom. The van der Waals surface area contributed by atoms with Gasteiger partial charge in [0, 0.05) is 23.4 Å². The number of benzene rings is 2. The van der Waals surface area contributed by atoms with Crippen LogP contribution in [0.1, 0.15) is 0 Å². The molecule has 0 atom stereocenters. The molecule has 3 rings (SSSR count). The Kier molecular flexibility index (Phi) is 5.54. The zero-order valence-corrected chi connectivity index (χ0v) is 15.5. The third-order valence-corrected chi connectivity index (χ3v) is 3.93. The van der Waals surface area contributed by atoms with Crippen LogP contribution in [0.4, 0.5) is 17.3 Å². The number of nitrogens with one attached hydrogen (secondary N) is 1. The maximum absolute atomic E-state index is 11.4. The van der Waals surface area contributed by atoms with Gasteiger partial charge in [-0.15, -0.1) is 0 Å². The second-order valence-corrected chi connectivity index (χ2v) is 5.59. The molecule has 1 N–H and O–H groups in total. The Labute approximate surface area is 161 Å². The molecule has 0 aliphatic carbocycles. The van der Waals surface area contributed by atoms with Crippen LogP contribution in [0.2, 0.25) is 0 Å². The van der Waals surface area contributed by atoms with E-state index in [0.717, 1.165) is 0 Å². The number of anilines is 2. The summed E-state index contributed by atoms with van der Waals surface area (Å²) in [5.41, 5.74) is 1.23. The van der Waals surface area contributed by atoms with Crippen molar-refractivity contribution in [2.75, 3.05) is 26.6 Å². The van der Waals surface area contributed by atoms with E-state index in [-0.39, 0.29) is 17.3 Å². The Morgan fingerprint density at radius 1 is 1.00 bits per heavy atom. The third kappa shape index (κ3) is 3.78. The second kappa shape index (κ2) is 8.21. The molecule has 0 saturated heterocycles. The van der Waals surface area contributed by atoms with Gasteiger partial charge >= 0.3 is 5.69 Å². The van der Waals surface area contributed by atoms with Gasteiger partial charge in [-0.1, -0.05) is 30.3 Å². The van der Waals surface area contributed by atoms with Crippen LogP contribution in [0.5, 0.6) is 17.2 Å². The van der Waals surface area contributed by atoms with Crippen molar-refractivity contribution >= 4 is 17.3 Å². The minimum absolute atomic E-state index is 0.179. The zero-order valence-electron chi connectivity index (χ0n) is 15.5. The number of ether oxygens (including phenoxy) is 3. The Bertz CT molecular complexity index is 970. The van der Waals surface area contributed by atoms with Gasteiger partial charge < -0.3 is 19.5 Å². The van der Waals surface area contributed by atoms with Crippen molar-refractivity contribution in [2.24, 2.45) is 0 Å². The summed E-state index contributed by atoms with van der Waals surface area (Å²) in [6.07, 6.45) is 1.18. The second-order valence-electron chi connectivity index (χ2n) is 5.59. The first-order chi connectivity index (χ1) is 13.6. The number of methoxy groups -OCH3 is 3. The molecule has 0 bridgehead atoms. The van der Waals surface area contributed by atoms with Crippen LogP contribution < -0.4 is 19.5 Å². The van der Waals surface area contributed by atoms with Gasteiger partial charge in [0.25, 0.3) is 0 Å². The van der Waals surface area contributed by atoms with Gasteiger partial charge in [-0.2, -0.15) is 0 Å². The van der Waals surface area contributed by atoms with Gasteiger partial charge in [-0.25, -0.2) is 9.97 Å². The highest BCUT2D eigenvalue weighted by Gasteiger charge is 2.20. The van der Waals surface area contributed by atoms with Crippen molar-refractivity contribution in [3.05, 3.63) is 58.8 Å². The van der Waals surface area contributed by atoms with Crippen molar-refractivity contribution in [2.45, 2.75) is 0 Å². The van der Waals surface area contributed by atoms with E-state index >= 15 is 0 Å². The molecule has 28 heavy (non-hydrogen) atoms. The number of rotatable bonds is 7. The van der Waals surface area contributed by atoms with E-state index in [0.29, 0.717) is 28.5 Å². The predicted molar refractivity (Wildman–Crippen MR) is 104 cm³/mol. The fraction of sp³-hybridized carbons (Fsp3) is 0.158. The van der Waals surface area contributed by atoms with E-state index in [1.54, 1.807) is 36.4 Å². The summed E-state index contributed by atoms with van der Waals surface area (Å²) in [4.78, 5) is 19.2. The number of aromatic nitrogens is 2. The lowest BCUT2D eigenvalue weighted by Crippen LogP contribution is -2.03. The summed E-state index contributed by atoms with van der Waals surface area (Å²) >= 11 is 0. The number of hydrogen-bond donors (Lipinski definition) is 1. The Morgan fingerprint density at radius 2 is 1.64 bits per heavy atom. The van der Waals surface area contributed by atoms with Crippen LogP contribution in [0, 0.1) is 10.1 Å². The highest BCUT2D eigenvalue weighted by atomic mass is 16.6. The lowest BCUT2D eigenvalue weighted by Gasteiger charge is -2.14. The minimum atomic E-state index is -0.508. The van der Waals surface area contributed by atoms with Crippen LogP contribution in [0.25, 0.3) is 11.3 Å². The average Bonchev–Trinajstić information content (AvgIpc) is 2.73. The van der Waals surface area contributed by atoms with Crippen molar-refractivity contribution < 1.29 is 19.1 Å². The fourth-order valence-electron chi connectivity index (χ4n) is 2.66. The summed E-state index contributed by atoms with van der Waals surface area (Å²) in [5.74, 6) is 1.55.